The Hall–Kier alpha value is -0.650. The SMILES string of the molecule is CSc1nc(Cl)c(F)c(Cl)n1.CSc1nc(Cl)c(F)c(NN)n1. The van der Waals surface area contributed by atoms with Crippen LogP contribution in [-0.4, -0.2) is 32.4 Å². The lowest BCUT2D eigenvalue weighted by Crippen LogP contribution is -2.11. The minimum Gasteiger partial charge on any atom is -0.306 e. The molecule has 0 aliphatic heterocycles. The fraction of sp³-hybridized carbons (Fsp3) is 0.200. The molecule has 0 aliphatic rings. The normalized spacial score (nSPS) is 10.1. The van der Waals surface area contributed by atoms with E-state index in [1.807, 2.05) is 0 Å². The summed E-state index contributed by atoms with van der Waals surface area (Å²) in [5.41, 5.74) is 2.09. The average Bonchev–Trinajstić information content (AvgIpc) is 2.55. The molecule has 0 amide bonds. The predicted octanol–water partition coefficient (Wildman–Crippen LogP) is 3.92. The number of nitrogens with two attached hydrogens (primary N) is 1. The zero-order valence-electron chi connectivity index (χ0n) is 11.6. The Bertz CT molecular complexity index is 671. The van der Waals surface area contributed by atoms with Crippen molar-refractivity contribution in [3.8, 4) is 0 Å². The molecule has 0 aromatic carbocycles. The number of nitrogens with zero attached hydrogens (tertiary/aromatic N) is 4. The Labute approximate surface area is 153 Å². The summed E-state index contributed by atoms with van der Waals surface area (Å²) in [5, 5.41) is 0.0155. The topological polar surface area (TPSA) is 89.6 Å². The highest BCUT2D eigenvalue weighted by Crippen LogP contribution is 2.22. The summed E-state index contributed by atoms with van der Waals surface area (Å²) in [6.45, 7) is 0. The Morgan fingerprint density at radius 1 is 0.826 bits per heavy atom. The fourth-order valence-corrected chi connectivity index (χ4v) is 2.49. The van der Waals surface area contributed by atoms with Gasteiger partial charge in [0.2, 0.25) is 5.82 Å². The fourth-order valence-electron chi connectivity index (χ4n) is 1.05. The van der Waals surface area contributed by atoms with Gasteiger partial charge in [-0.15, -0.1) is 0 Å². The van der Waals surface area contributed by atoms with Gasteiger partial charge < -0.3 is 5.43 Å². The molecule has 0 saturated carbocycles. The molecule has 0 fully saturated rings. The molecule has 23 heavy (non-hydrogen) atoms. The molecule has 126 valence electrons. The maximum atomic E-state index is 12.9. The van der Waals surface area contributed by atoms with Gasteiger partial charge in [0, 0.05) is 0 Å². The maximum absolute atomic E-state index is 12.9. The first-order valence-electron chi connectivity index (χ1n) is 5.50. The summed E-state index contributed by atoms with van der Waals surface area (Å²) in [6, 6.07) is 0. The molecular formula is C10H9Cl3F2N6S2. The van der Waals surface area contributed by atoms with Crippen molar-refractivity contribution in [2.45, 2.75) is 10.3 Å². The van der Waals surface area contributed by atoms with E-state index in [4.69, 9.17) is 40.6 Å². The van der Waals surface area contributed by atoms with Gasteiger partial charge in [0.25, 0.3) is 0 Å². The van der Waals surface area contributed by atoms with Crippen LogP contribution in [0.25, 0.3) is 0 Å². The van der Waals surface area contributed by atoms with Gasteiger partial charge in [-0.1, -0.05) is 58.3 Å². The van der Waals surface area contributed by atoms with Crippen LogP contribution in [0.15, 0.2) is 10.3 Å². The Morgan fingerprint density at radius 3 is 1.61 bits per heavy atom. The largest absolute Gasteiger partial charge is 0.306 e. The number of halogens is 5. The lowest BCUT2D eigenvalue weighted by molar-refractivity contribution is 0.607. The molecule has 0 atom stereocenters. The average molecular weight is 422 g/mol. The highest BCUT2D eigenvalue weighted by molar-refractivity contribution is 7.98. The molecule has 0 spiro atoms. The van der Waals surface area contributed by atoms with Gasteiger partial charge in [0.15, 0.2) is 37.4 Å². The summed E-state index contributed by atoms with van der Waals surface area (Å²) in [6.07, 6.45) is 3.50. The zero-order chi connectivity index (χ0) is 17.6. The molecular weight excluding hydrogens is 413 g/mol. The molecule has 2 heterocycles. The van der Waals surface area contributed by atoms with Crippen LogP contribution in [0.2, 0.25) is 15.5 Å². The quantitative estimate of drug-likeness (QED) is 0.253. The Morgan fingerprint density at radius 2 is 1.22 bits per heavy atom. The van der Waals surface area contributed by atoms with Gasteiger partial charge in [0.05, 0.1) is 0 Å². The molecule has 0 bridgehead atoms. The number of hydrogen-bond acceptors (Lipinski definition) is 8. The summed E-state index contributed by atoms with van der Waals surface area (Å²) < 4.78 is 25.6. The van der Waals surface area contributed by atoms with Crippen LogP contribution >= 0.6 is 58.3 Å². The smallest absolute Gasteiger partial charge is 0.204 e. The molecule has 0 saturated heterocycles. The second-order valence-corrected chi connectivity index (χ2v) is 6.03. The van der Waals surface area contributed by atoms with Crippen molar-refractivity contribution in [2.24, 2.45) is 5.84 Å². The summed E-state index contributed by atoms with van der Waals surface area (Å²) in [7, 11) is 0. The molecule has 0 aliphatic carbocycles. The standard InChI is InChI=1S/C5H3Cl2FN2S.C5H6ClFN4S/c1-11-5-9-3(6)2(8)4(7)10-5;1-12-5-9-3(6)2(7)4(10-5)11-8/h1H3;8H2,1H3,(H,9,10,11). The van der Waals surface area contributed by atoms with Crippen molar-refractivity contribution in [1.29, 1.82) is 0 Å². The van der Waals surface area contributed by atoms with Gasteiger partial charge in [-0.2, -0.15) is 4.39 Å². The molecule has 0 unspecified atom stereocenters. The van der Waals surface area contributed by atoms with E-state index < -0.39 is 11.6 Å². The number of hydrazine groups is 1. The number of anilines is 1. The summed E-state index contributed by atoms with van der Waals surface area (Å²) in [4.78, 5) is 14.6. The van der Waals surface area contributed by atoms with Crippen LogP contribution in [0.3, 0.4) is 0 Å². The van der Waals surface area contributed by atoms with E-state index in [0.717, 1.165) is 0 Å². The first-order chi connectivity index (χ1) is 10.8. The van der Waals surface area contributed by atoms with Gasteiger partial charge in [-0.3, -0.25) is 0 Å². The predicted molar refractivity (Wildman–Crippen MR) is 90.4 cm³/mol. The first kappa shape index (κ1) is 20.4. The summed E-state index contributed by atoms with van der Waals surface area (Å²) in [5.74, 6) is 3.39. The number of nitrogen functional groups attached to an aromatic ring is 1. The number of nitrogens with one attached hydrogen (secondary N) is 1. The van der Waals surface area contributed by atoms with E-state index in [9.17, 15) is 8.78 Å². The van der Waals surface area contributed by atoms with Crippen LogP contribution in [0.1, 0.15) is 0 Å². The van der Waals surface area contributed by atoms with E-state index in [1.54, 1.807) is 12.5 Å². The van der Waals surface area contributed by atoms with Crippen LogP contribution < -0.4 is 11.3 Å². The Kier molecular flexibility index (Phi) is 8.51. The molecule has 2 aromatic heterocycles. The van der Waals surface area contributed by atoms with Crippen LogP contribution in [0.5, 0.6) is 0 Å². The second-order valence-electron chi connectivity index (χ2n) is 3.41. The van der Waals surface area contributed by atoms with Crippen molar-refractivity contribution >= 4 is 64.1 Å². The first-order valence-corrected chi connectivity index (χ1v) is 9.08. The molecule has 2 rings (SSSR count). The van der Waals surface area contributed by atoms with Crippen LogP contribution in [0, 0.1) is 11.6 Å². The van der Waals surface area contributed by atoms with Crippen molar-refractivity contribution in [1.82, 2.24) is 19.9 Å². The number of aromatic nitrogens is 4. The molecule has 3 N–H and O–H groups in total. The van der Waals surface area contributed by atoms with E-state index in [-0.39, 0.29) is 21.3 Å². The van der Waals surface area contributed by atoms with E-state index in [0.29, 0.717) is 10.3 Å². The number of rotatable bonds is 3. The third-order valence-corrected chi connectivity index (χ3v) is 3.89. The van der Waals surface area contributed by atoms with Crippen molar-refractivity contribution in [3.63, 3.8) is 0 Å². The number of hydrogen-bond donors (Lipinski definition) is 2. The molecule has 0 radical (unpaired) electrons. The van der Waals surface area contributed by atoms with Crippen LogP contribution in [0.4, 0.5) is 14.6 Å². The van der Waals surface area contributed by atoms with Crippen LogP contribution in [-0.2, 0) is 0 Å². The van der Waals surface area contributed by atoms with Crippen molar-refractivity contribution in [2.75, 3.05) is 17.9 Å². The van der Waals surface area contributed by atoms with Gasteiger partial charge in [0.1, 0.15) is 0 Å². The van der Waals surface area contributed by atoms with Gasteiger partial charge >= 0.3 is 0 Å². The van der Waals surface area contributed by atoms with E-state index in [2.05, 4.69) is 25.4 Å². The zero-order valence-corrected chi connectivity index (χ0v) is 15.5. The third-order valence-electron chi connectivity index (χ3n) is 2.04. The summed E-state index contributed by atoms with van der Waals surface area (Å²) >= 11 is 18.7. The molecule has 2 aromatic rings. The van der Waals surface area contributed by atoms with E-state index in [1.165, 1.54) is 23.5 Å². The monoisotopic (exact) mass is 420 g/mol. The van der Waals surface area contributed by atoms with Crippen molar-refractivity contribution in [3.05, 3.63) is 27.1 Å². The van der Waals surface area contributed by atoms with Crippen molar-refractivity contribution < 1.29 is 8.78 Å². The lowest BCUT2D eigenvalue weighted by atomic mass is 10.6. The maximum Gasteiger partial charge on any atom is 0.204 e. The highest BCUT2D eigenvalue weighted by Gasteiger charge is 2.11. The molecule has 6 nitrogen and oxygen atoms in total. The Balaban J connectivity index is 0.000000231. The lowest BCUT2D eigenvalue weighted by Gasteiger charge is -2.03. The molecule has 13 heteroatoms. The highest BCUT2D eigenvalue weighted by atomic mass is 35.5. The van der Waals surface area contributed by atoms with Gasteiger partial charge in [-0.25, -0.2) is 30.2 Å². The van der Waals surface area contributed by atoms with E-state index >= 15 is 0 Å². The second kappa shape index (κ2) is 9.60. The minimum atomic E-state index is -0.772. The number of thioether (sulfide) groups is 2. The third kappa shape index (κ3) is 5.73. The minimum absolute atomic E-state index is 0.0978. The van der Waals surface area contributed by atoms with Gasteiger partial charge in [-0.05, 0) is 12.5 Å².